The van der Waals surface area contributed by atoms with Gasteiger partial charge in [0.25, 0.3) is 0 Å². The lowest BCUT2D eigenvalue weighted by molar-refractivity contribution is 0.0733. The third-order valence-corrected chi connectivity index (χ3v) is 1.64. The van der Waals surface area contributed by atoms with Gasteiger partial charge in [-0.1, -0.05) is 0 Å². The summed E-state index contributed by atoms with van der Waals surface area (Å²) in [5, 5.41) is 0. The lowest BCUT2D eigenvalue weighted by atomic mass is 10.3. The van der Waals surface area contributed by atoms with Gasteiger partial charge in [0.2, 0.25) is 0 Å². The standard InChI is InChI=1S/C10H7N3O2/c14-10(8-4-12-7-13-5-8)15-9-2-1-3-11-6-9/h1-7H. The number of aromatic nitrogens is 3. The van der Waals surface area contributed by atoms with Gasteiger partial charge in [0.1, 0.15) is 12.1 Å². The van der Waals surface area contributed by atoms with E-state index >= 15 is 0 Å². The lowest BCUT2D eigenvalue weighted by Crippen LogP contribution is -2.09. The van der Waals surface area contributed by atoms with Crippen LogP contribution in [0.4, 0.5) is 0 Å². The molecule has 2 aromatic heterocycles. The van der Waals surface area contributed by atoms with E-state index in [1.54, 1.807) is 18.3 Å². The zero-order valence-corrected chi connectivity index (χ0v) is 7.70. The Morgan fingerprint density at radius 2 is 1.93 bits per heavy atom. The summed E-state index contributed by atoms with van der Waals surface area (Å²) < 4.78 is 5.02. The number of pyridine rings is 1. The highest BCUT2D eigenvalue weighted by Gasteiger charge is 2.08. The Balaban J connectivity index is 2.12. The summed E-state index contributed by atoms with van der Waals surface area (Å²) in [6.07, 6.45) is 7.20. The predicted molar refractivity (Wildman–Crippen MR) is 51.2 cm³/mol. The Morgan fingerprint density at radius 1 is 1.13 bits per heavy atom. The summed E-state index contributed by atoms with van der Waals surface area (Å²) in [4.78, 5) is 22.7. The van der Waals surface area contributed by atoms with Crippen molar-refractivity contribution >= 4 is 5.97 Å². The van der Waals surface area contributed by atoms with E-state index in [-0.39, 0.29) is 0 Å². The zero-order valence-electron chi connectivity index (χ0n) is 7.70. The quantitative estimate of drug-likeness (QED) is 0.680. The van der Waals surface area contributed by atoms with Crippen molar-refractivity contribution in [3.8, 4) is 5.75 Å². The minimum Gasteiger partial charge on any atom is -0.421 e. The molecule has 0 N–H and O–H groups in total. The highest BCUT2D eigenvalue weighted by atomic mass is 16.5. The fraction of sp³-hybridized carbons (Fsp3) is 0. The van der Waals surface area contributed by atoms with Gasteiger partial charge in [0.05, 0.1) is 11.8 Å². The Bertz CT molecular complexity index is 445. The van der Waals surface area contributed by atoms with Gasteiger partial charge >= 0.3 is 5.97 Å². The molecule has 0 atom stereocenters. The molecule has 0 saturated carbocycles. The Morgan fingerprint density at radius 3 is 2.60 bits per heavy atom. The first-order valence-electron chi connectivity index (χ1n) is 4.23. The molecule has 0 spiro atoms. The zero-order chi connectivity index (χ0) is 10.5. The Hall–Kier alpha value is -2.30. The number of hydrogen-bond donors (Lipinski definition) is 0. The molecule has 2 rings (SSSR count). The lowest BCUT2D eigenvalue weighted by Gasteiger charge is -2.01. The smallest absolute Gasteiger partial charge is 0.346 e. The number of ether oxygens (including phenoxy) is 1. The molecule has 0 radical (unpaired) electrons. The van der Waals surface area contributed by atoms with Crippen molar-refractivity contribution < 1.29 is 9.53 Å². The van der Waals surface area contributed by atoms with E-state index in [9.17, 15) is 4.79 Å². The Kier molecular flexibility index (Phi) is 2.64. The van der Waals surface area contributed by atoms with Gasteiger partial charge in [-0.15, -0.1) is 0 Å². The van der Waals surface area contributed by atoms with Gasteiger partial charge in [-0.3, -0.25) is 4.98 Å². The summed E-state index contributed by atoms with van der Waals surface area (Å²) >= 11 is 0. The van der Waals surface area contributed by atoms with E-state index in [1.807, 2.05) is 0 Å². The fourth-order valence-electron chi connectivity index (χ4n) is 0.978. The maximum absolute atomic E-state index is 11.5. The van der Waals surface area contributed by atoms with Gasteiger partial charge in [0.15, 0.2) is 0 Å². The van der Waals surface area contributed by atoms with Crippen LogP contribution in [0, 0.1) is 0 Å². The Labute approximate surface area is 85.8 Å². The molecule has 74 valence electrons. The van der Waals surface area contributed by atoms with E-state index in [2.05, 4.69) is 15.0 Å². The van der Waals surface area contributed by atoms with Crippen molar-refractivity contribution in [3.05, 3.63) is 48.8 Å². The molecule has 5 nitrogen and oxygen atoms in total. The first-order chi connectivity index (χ1) is 7.36. The second-order valence-corrected chi connectivity index (χ2v) is 2.71. The van der Waals surface area contributed by atoms with Crippen LogP contribution in [0.5, 0.6) is 5.75 Å². The molecular weight excluding hydrogens is 194 g/mol. The van der Waals surface area contributed by atoms with Crippen LogP contribution in [0.3, 0.4) is 0 Å². The summed E-state index contributed by atoms with van der Waals surface area (Å²) in [6.45, 7) is 0. The third kappa shape index (κ3) is 2.34. The highest BCUT2D eigenvalue weighted by Crippen LogP contribution is 2.08. The molecule has 0 saturated heterocycles. The van der Waals surface area contributed by atoms with Gasteiger partial charge in [-0.2, -0.15) is 0 Å². The average molecular weight is 201 g/mol. The number of esters is 1. The van der Waals surface area contributed by atoms with Crippen LogP contribution < -0.4 is 4.74 Å². The highest BCUT2D eigenvalue weighted by molar-refractivity contribution is 5.90. The number of rotatable bonds is 2. The van der Waals surface area contributed by atoms with Crippen LogP contribution >= 0.6 is 0 Å². The minimum atomic E-state index is -0.497. The molecule has 0 aliphatic heterocycles. The molecule has 0 bridgehead atoms. The topological polar surface area (TPSA) is 65.0 Å². The maximum atomic E-state index is 11.5. The van der Waals surface area contributed by atoms with Crippen molar-refractivity contribution in [2.45, 2.75) is 0 Å². The van der Waals surface area contributed by atoms with Gasteiger partial charge in [-0.25, -0.2) is 14.8 Å². The number of carbonyl (C=O) groups is 1. The van der Waals surface area contributed by atoms with Gasteiger partial charge in [-0.05, 0) is 12.1 Å². The molecule has 2 aromatic rings. The maximum Gasteiger partial charge on any atom is 0.346 e. The SMILES string of the molecule is O=C(Oc1cccnc1)c1cncnc1. The van der Waals surface area contributed by atoms with E-state index in [4.69, 9.17) is 4.74 Å². The molecule has 0 aromatic carbocycles. The molecule has 0 aliphatic rings. The third-order valence-electron chi connectivity index (χ3n) is 1.64. The second kappa shape index (κ2) is 4.28. The van der Waals surface area contributed by atoms with Crippen LogP contribution in [-0.4, -0.2) is 20.9 Å². The summed E-state index contributed by atoms with van der Waals surface area (Å²) in [5.41, 5.74) is 0.307. The van der Waals surface area contributed by atoms with Gasteiger partial charge < -0.3 is 4.74 Å². The minimum absolute atomic E-state index is 0.307. The summed E-state index contributed by atoms with van der Waals surface area (Å²) in [5.74, 6) is -0.102. The van der Waals surface area contributed by atoms with Crippen molar-refractivity contribution in [2.24, 2.45) is 0 Å². The molecule has 2 heterocycles. The molecule has 0 aliphatic carbocycles. The average Bonchev–Trinajstić information content (AvgIpc) is 2.31. The largest absolute Gasteiger partial charge is 0.421 e. The second-order valence-electron chi connectivity index (χ2n) is 2.71. The van der Waals surface area contributed by atoms with Crippen LogP contribution in [0.15, 0.2) is 43.2 Å². The molecular formula is C10H7N3O2. The van der Waals surface area contributed by atoms with Crippen LogP contribution in [0.2, 0.25) is 0 Å². The molecule has 0 amide bonds. The number of hydrogen-bond acceptors (Lipinski definition) is 5. The van der Waals surface area contributed by atoms with Crippen LogP contribution in [0.1, 0.15) is 10.4 Å². The van der Waals surface area contributed by atoms with E-state index in [0.29, 0.717) is 11.3 Å². The molecule has 0 fully saturated rings. The van der Waals surface area contributed by atoms with Gasteiger partial charge in [0, 0.05) is 18.6 Å². The predicted octanol–water partition coefficient (Wildman–Crippen LogP) is 1.09. The number of carbonyl (C=O) groups excluding carboxylic acids is 1. The summed E-state index contributed by atoms with van der Waals surface area (Å²) in [7, 11) is 0. The van der Waals surface area contributed by atoms with E-state index in [0.717, 1.165) is 0 Å². The molecule has 15 heavy (non-hydrogen) atoms. The molecule has 5 heteroatoms. The fourth-order valence-corrected chi connectivity index (χ4v) is 0.978. The van der Waals surface area contributed by atoms with Crippen LogP contribution in [-0.2, 0) is 0 Å². The monoisotopic (exact) mass is 201 g/mol. The van der Waals surface area contributed by atoms with Crippen molar-refractivity contribution in [1.29, 1.82) is 0 Å². The van der Waals surface area contributed by atoms with Crippen LogP contribution in [0.25, 0.3) is 0 Å². The normalized spacial score (nSPS) is 9.60. The first-order valence-corrected chi connectivity index (χ1v) is 4.23. The number of nitrogens with zero attached hydrogens (tertiary/aromatic N) is 3. The van der Waals surface area contributed by atoms with E-state index in [1.165, 1.54) is 24.9 Å². The van der Waals surface area contributed by atoms with Crippen molar-refractivity contribution in [1.82, 2.24) is 15.0 Å². The molecule has 0 unspecified atom stereocenters. The summed E-state index contributed by atoms with van der Waals surface area (Å²) in [6, 6.07) is 3.33. The van der Waals surface area contributed by atoms with Crippen molar-refractivity contribution in [2.75, 3.05) is 0 Å². The van der Waals surface area contributed by atoms with Crippen molar-refractivity contribution in [3.63, 3.8) is 0 Å². The van der Waals surface area contributed by atoms with E-state index < -0.39 is 5.97 Å². The first kappa shape index (κ1) is 9.26.